The predicted molar refractivity (Wildman–Crippen MR) is 138 cm³/mol. The molecule has 3 saturated heterocycles. The first-order valence-corrected chi connectivity index (χ1v) is 13.9. The van der Waals surface area contributed by atoms with Crippen LogP contribution in [0.25, 0.3) is 0 Å². The molecule has 200 valence electrons. The smallest absolute Gasteiger partial charge is 0.252 e. The third-order valence-corrected chi connectivity index (χ3v) is 9.32. The molecule has 0 unspecified atom stereocenters. The predicted octanol–water partition coefficient (Wildman–Crippen LogP) is 1.60. The van der Waals surface area contributed by atoms with Crippen molar-refractivity contribution in [2.75, 3.05) is 51.3 Å². The molecule has 1 aromatic rings. The van der Waals surface area contributed by atoms with E-state index in [9.17, 15) is 14.4 Å². The van der Waals surface area contributed by atoms with Gasteiger partial charge in [0.25, 0.3) is 5.91 Å². The van der Waals surface area contributed by atoms with E-state index in [1.54, 1.807) is 12.0 Å². The molecule has 3 aliphatic heterocycles. The van der Waals surface area contributed by atoms with Crippen LogP contribution in [-0.2, 0) is 19.1 Å². The van der Waals surface area contributed by atoms with E-state index in [0.29, 0.717) is 24.9 Å². The second-order valence-electron chi connectivity index (χ2n) is 11.3. The zero-order valence-corrected chi connectivity index (χ0v) is 21.7. The average molecular weight is 511 g/mol. The average Bonchev–Trinajstić information content (AvgIpc) is 3.61. The molecule has 6 rings (SSSR count). The van der Waals surface area contributed by atoms with E-state index in [2.05, 4.69) is 15.1 Å². The Bertz CT molecular complexity index is 1030. The molecule has 2 saturated carbocycles. The second-order valence-corrected chi connectivity index (χ2v) is 11.3. The SMILES string of the molecule is CO[C@H]1CN(C(=O)C2(NC(=O)c3ccc(N4CCN(C5CCC5)CC4)cc3)CCCC2)[C@@H]2C(=O)CO[C@H]12. The van der Waals surface area contributed by atoms with Crippen molar-refractivity contribution in [3.05, 3.63) is 29.8 Å². The van der Waals surface area contributed by atoms with E-state index in [1.807, 2.05) is 24.3 Å². The van der Waals surface area contributed by atoms with Crippen LogP contribution in [0.2, 0.25) is 0 Å². The Morgan fingerprint density at radius 2 is 1.73 bits per heavy atom. The summed E-state index contributed by atoms with van der Waals surface area (Å²) in [4.78, 5) is 46.4. The standard InChI is InChI=1S/C28H38N4O5/c1-36-23-17-32(24-22(33)18-37-25(23)24)27(35)28(11-2-3-12-28)29-26(34)19-7-9-21(10-8-19)31-15-13-30(14-16-31)20-5-4-6-20/h7-10,20,23-25H,2-6,11-18H2,1H3,(H,29,34)/t23-,24+,25+/m0/s1. The summed E-state index contributed by atoms with van der Waals surface area (Å²) >= 11 is 0. The van der Waals surface area contributed by atoms with Crippen molar-refractivity contribution in [2.24, 2.45) is 0 Å². The summed E-state index contributed by atoms with van der Waals surface area (Å²) in [5, 5.41) is 3.10. The Morgan fingerprint density at radius 3 is 2.35 bits per heavy atom. The van der Waals surface area contributed by atoms with E-state index in [0.717, 1.165) is 50.7 Å². The van der Waals surface area contributed by atoms with Crippen LogP contribution in [0.1, 0.15) is 55.3 Å². The number of likely N-dealkylation sites (tertiary alicyclic amines) is 1. The molecule has 1 N–H and O–H groups in total. The number of carbonyl (C=O) groups excluding carboxylic acids is 3. The van der Waals surface area contributed by atoms with Crippen LogP contribution < -0.4 is 10.2 Å². The highest BCUT2D eigenvalue weighted by molar-refractivity contribution is 6.01. The largest absolute Gasteiger partial charge is 0.377 e. The maximum Gasteiger partial charge on any atom is 0.252 e. The zero-order chi connectivity index (χ0) is 25.6. The van der Waals surface area contributed by atoms with Crippen molar-refractivity contribution in [1.29, 1.82) is 0 Å². The highest BCUT2D eigenvalue weighted by atomic mass is 16.5. The van der Waals surface area contributed by atoms with Gasteiger partial charge in [0.05, 0.1) is 6.54 Å². The van der Waals surface area contributed by atoms with Gasteiger partial charge in [-0.25, -0.2) is 0 Å². The molecule has 5 fully saturated rings. The summed E-state index contributed by atoms with van der Waals surface area (Å²) in [5.74, 6) is -0.529. The van der Waals surface area contributed by atoms with Crippen molar-refractivity contribution in [3.63, 3.8) is 0 Å². The number of carbonyl (C=O) groups is 3. The number of fused-ring (bicyclic) bond motifs is 1. The topological polar surface area (TPSA) is 91.4 Å². The summed E-state index contributed by atoms with van der Waals surface area (Å²) < 4.78 is 11.2. The van der Waals surface area contributed by atoms with Crippen molar-refractivity contribution < 1.29 is 23.9 Å². The molecule has 2 aliphatic carbocycles. The third kappa shape index (κ3) is 4.45. The number of piperazine rings is 1. The molecular weight excluding hydrogens is 472 g/mol. The first-order chi connectivity index (χ1) is 18.0. The molecule has 9 nitrogen and oxygen atoms in total. The van der Waals surface area contributed by atoms with Gasteiger partial charge in [0.2, 0.25) is 5.91 Å². The van der Waals surface area contributed by atoms with Gasteiger partial charge in [-0.15, -0.1) is 0 Å². The summed E-state index contributed by atoms with van der Waals surface area (Å²) in [6.45, 7) is 4.49. The van der Waals surface area contributed by atoms with E-state index in [-0.39, 0.29) is 30.3 Å². The maximum atomic E-state index is 13.9. The lowest BCUT2D eigenvalue weighted by Gasteiger charge is -2.43. The van der Waals surface area contributed by atoms with E-state index < -0.39 is 17.7 Å². The molecule has 1 aromatic carbocycles. The zero-order valence-electron chi connectivity index (χ0n) is 21.7. The number of ketones is 1. The van der Waals surface area contributed by atoms with Crippen LogP contribution in [0.3, 0.4) is 0 Å². The summed E-state index contributed by atoms with van der Waals surface area (Å²) in [6.07, 6.45) is 6.13. The molecule has 3 atom stereocenters. The molecule has 0 spiro atoms. The summed E-state index contributed by atoms with van der Waals surface area (Å²) in [5.41, 5.74) is 0.680. The molecule has 0 radical (unpaired) electrons. The molecule has 3 heterocycles. The number of hydrogen-bond donors (Lipinski definition) is 1. The number of Topliss-reactive ketones (excluding diaryl/α,β-unsaturated/α-hetero) is 1. The van der Waals surface area contributed by atoms with Gasteiger partial charge in [0.1, 0.15) is 30.4 Å². The van der Waals surface area contributed by atoms with E-state index in [4.69, 9.17) is 9.47 Å². The number of methoxy groups -OCH3 is 1. The lowest BCUT2D eigenvalue weighted by Crippen LogP contribution is -2.60. The van der Waals surface area contributed by atoms with Crippen LogP contribution in [-0.4, -0.2) is 104 Å². The Labute approximate surface area is 218 Å². The van der Waals surface area contributed by atoms with Crippen molar-refractivity contribution in [3.8, 4) is 0 Å². The molecular formula is C28H38N4O5. The van der Waals surface area contributed by atoms with Crippen molar-refractivity contribution >= 4 is 23.3 Å². The van der Waals surface area contributed by atoms with Gasteiger partial charge in [-0.3, -0.25) is 19.3 Å². The molecule has 5 aliphatic rings. The van der Waals surface area contributed by atoms with Crippen LogP contribution in [0.5, 0.6) is 0 Å². The number of ether oxygens (including phenoxy) is 2. The van der Waals surface area contributed by atoms with Gasteiger partial charge in [-0.05, 0) is 49.9 Å². The normalized spacial score (nSPS) is 29.9. The van der Waals surface area contributed by atoms with E-state index >= 15 is 0 Å². The highest BCUT2D eigenvalue weighted by Gasteiger charge is 2.56. The van der Waals surface area contributed by atoms with E-state index in [1.165, 1.54) is 19.3 Å². The fourth-order valence-corrected chi connectivity index (χ4v) is 6.89. The van der Waals surface area contributed by atoms with Crippen molar-refractivity contribution in [2.45, 2.75) is 74.8 Å². The number of hydrogen-bond acceptors (Lipinski definition) is 7. The minimum atomic E-state index is -0.996. The quantitative estimate of drug-likeness (QED) is 0.622. The molecule has 0 bridgehead atoms. The Balaban J connectivity index is 1.12. The van der Waals surface area contributed by atoms with Gasteiger partial charge in [0, 0.05) is 50.6 Å². The first-order valence-electron chi connectivity index (χ1n) is 13.9. The number of anilines is 1. The highest BCUT2D eigenvalue weighted by Crippen LogP contribution is 2.37. The first kappa shape index (κ1) is 24.8. The van der Waals surface area contributed by atoms with Crippen LogP contribution in [0.15, 0.2) is 24.3 Å². The molecule has 2 amide bonds. The minimum Gasteiger partial charge on any atom is -0.377 e. The maximum absolute atomic E-state index is 13.9. The lowest BCUT2D eigenvalue weighted by molar-refractivity contribution is -0.142. The summed E-state index contributed by atoms with van der Waals surface area (Å²) in [7, 11) is 1.58. The number of benzene rings is 1. The second kappa shape index (κ2) is 10.0. The summed E-state index contributed by atoms with van der Waals surface area (Å²) in [6, 6.07) is 7.90. The fraction of sp³-hybridized carbons (Fsp3) is 0.679. The van der Waals surface area contributed by atoms with Crippen LogP contribution in [0, 0.1) is 0 Å². The van der Waals surface area contributed by atoms with Gasteiger partial charge < -0.3 is 24.6 Å². The number of nitrogens with one attached hydrogen (secondary N) is 1. The number of amides is 2. The lowest BCUT2D eigenvalue weighted by atomic mass is 9.91. The van der Waals surface area contributed by atoms with Crippen molar-refractivity contribution in [1.82, 2.24) is 15.1 Å². The molecule has 9 heteroatoms. The van der Waals surface area contributed by atoms with Gasteiger partial charge in [-0.1, -0.05) is 19.3 Å². The number of rotatable bonds is 6. The third-order valence-electron chi connectivity index (χ3n) is 9.32. The van der Waals surface area contributed by atoms with Gasteiger partial charge in [-0.2, -0.15) is 0 Å². The van der Waals surface area contributed by atoms with Gasteiger partial charge in [0.15, 0.2) is 5.78 Å². The monoisotopic (exact) mass is 510 g/mol. The molecule has 37 heavy (non-hydrogen) atoms. The Kier molecular flexibility index (Phi) is 6.71. The van der Waals surface area contributed by atoms with Crippen LogP contribution in [0.4, 0.5) is 5.69 Å². The number of nitrogens with zero attached hydrogens (tertiary/aromatic N) is 3. The van der Waals surface area contributed by atoms with Gasteiger partial charge >= 0.3 is 0 Å². The van der Waals surface area contributed by atoms with Crippen LogP contribution >= 0.6 is 0 Å². The molecule has 0 aromatic heterocycles. The Morgan fingerprint density at radius 1 is 1.03 bits per heavy atom. The Hall–Kier alpha value is -2.49. The fourth-order valence-electron chi connectivity index (χ4n) is 6.89. The minimum absolute atomic E-state index is 0.000309.